The molecular weight excluding hydrogens is 240 g/mol. The smallest absolute Gasteiger partial charge is 0.314 e. The summed E-state index contributed by atoms with van der Waals surface area (Å²) in [7, 11) is 1.66. The summed E-state index contributed by atoms with van der Waals surface area (Å²) < 4.78 is 5.15. The van der Waals surface area contributed by atoms with Gasteiger partial charge in [-0.15, -0.1) is 0 Å². The summed E-state index contributed by atoms with van der Waals surface area (Å²) in [6.07, 6.45) is 8.17. The van der Waals surface area contributed by atoms with Crippen LogP contribution in [0, 0.1) is 17.3 Å². The van der Waals surface area contributed by atoms with Gasteiger partial charge in [0, 0.05) is 19.6 Å². The number of allylic oxidation sites excluding steroid dienone is 3. The molecule has 0 saturated heterocycles. The van der Waals surface area contributed by atoms with Gasteiger partial charge in [-0.2, -0.15) is 0 Å². The minimum absolute atomic E-state index is 0.0358. The molecule has 1 aliphatic carbocycles. The monoisotopic (exact) mass is 266 g/mol. The normalized spacial score (nSPS) is 26.6. The van der Waals surface area contributed by atoms with Crippen molar-refractivity contribution in [3.8, 4) is 0 Å². The van der Waals surface area contributed by atoms with Gasteiger partial charge < -0.3 is 9.84 Å². The molecule has 3 heteroatoms. The maximum atomic E-state index is 11.9. The van der Waals surface area contributed by atoms with Crippen molar-refractivity contribution in [2.24, 2.45) is 17.3 Å². The van der Waals surface area contributed by atoms with Gasteiger partial charge in [0.2, 0.25) is 0 Å². The Kier molecular flexibility index (Phi) is 5.80. The van der Waals surface area contributed by atoms with E-state index in [0.29, 0.717) is 18.9 Å². The van der Waals surface area contributed by atoms with E-state index in [9.17, 15) is 9.90 Å². The Morgan fingerprint density at radius 1 is 1.53 bits per heavy atom. The molecule has 3 nitrogen and oxygen atoms in total. The maximum absolute atomic E-state index is 11.9. The molecule has 2 atom stereocenters. The lowest BCUT2D eigenvalue weighted by atomic mass is 9.65. The zero-order chi connectivity index (χ0) is 14.5. The summed E-state index contributed by atoms with van der Waals surface area (Å²) in [5.74, 6) is -0.162. The van der Waals surface area contributed by atoms with Crippen molar-refractivity contribution in [1.82, 2.24) is 0 Å². The van der Waals surface area contributed by atoms with Crippen LogP contribution < -0.4 is 0 Å². The van der Waals surface area contributed by atoms with Crippen molar-refractivity contribution in [3.05, 3.63) is 23.8 Å². The first-order valence-corrected chi connectivity index (χ1v) is 7.02. The Labute approximate surface area is 116 Å². The Bertz CT molecular complexity index is 368. The van der Waals surface area contributed by atoms with E-state index >= 15 is 0 Å². The van der Waals surface area contributed by atoms with E-state index in [4.69, 9.17) is 4.74 Å². The van der Waals surface area contributed by atoms with E-state index in [2.05, 4.69) is 13.8 Å². The van der Waals surface area contributed by atoms with E-state index in [-0.39, 0.29) is 5.92 Å². The molecule has 0 heterocycles. The van der Waals surface area contributed by atoms with Crippen LogP contribution in [0.4, 0.5) is 0 Å². The zero-order valence-corrected chi connectivity index (χ0v) is 12.5. The molecule has 0 radical (unpaired) electrons. The Balaban J connectivity index is 3.00. The highest BCUT2D eigenvalue weighted by Crippen LogP contribution is 2.44. The summed E-state index contributed by atoms with van der Waals surface area (Å²) in [6.45, 7) is 6.89. The van der Waals surface area contributed by atoms with Gasteiger partial charge >= 0.3 is 5.97 Å². The highest BCUT2D eigenvalue weighted by molar-refractivity contribution is 5.78. The third-order valence-electron chi connectivity index (χ3n) is 4.07. The van der Waals surface area contributed by atoms with Crippen molar-refractivity contribution < 1.29 is 14.6 Å². The molecule has 0 aliphatic heterocycles. The molecule has 0 aromatic carbocycles. The third-order valence-corrected chi connectivity index (χ3v) is 4.07. The van der Waals surface area contributed by atoms with Crippen LogP contribution in [0.25, 0.3) is 0 Å². The molecule has 0 amide bonds. The molecule has 0 fully saturated rings. The van der Waals surface area contributed by atoms with Crippen LogP contribution in [0.2, 0.25) is 0 Å². The van der Waals surface area contributed by atoms with Crippen LogP contribution in [0.3, 0.4) is 0 Å². The molecule has 1 aliphatic rings. The van der Waals surface area contributed by atoms with Crippen LogP contribution >= 0.6 is 0 Å². The minimum atomic E-state index is -0.762. The van der Waals surface area contributed by atoms with Gasteiger partial charge in [-0.3, -0.25) is 4.79 Å². The lowest BCUT2D eigenvalue weighted by molar-refractivity contribution is -0.149. The quantitative estimate of drug-likeness (QED) is 0.765. The average Bonchev–Trinajstić information content (AvgIpc) is 2.34. The first-order chi connectivity index (χ1) is 8.94. The number of hydrogen-bond acceptors (Lipinski definition) is 2. The lowest BCUT2D eigenvalue weighted by Crippen LogP contribution is -2.39. The fourth-order valence-corrected chi connectivity index (χ4v) is 2.84. The van der Waals surface area contributed by atoms with E-state index in [1.165, 1.54) is 0 Å². The highest BCUT2D eigenvalue weighted by Gasteiger charge is 2.44. The largest absolute Gasteiger partial charge is 0.481 e. The average molecular weight is 266 g/mol. The number of hydrogen-bond donors (Lipinski definition) is 1. The first kappa shape index (κ1) is 16.0. The fourth-order valence-electron chi connectivity index (χ4n) is 2.84. The zero-order valence-electron chi connectivity index (χ0n) is 12.5. The minimum Gasteiger partial charge on any atom is -0.481 e. The van der Waals surface area contributed by atoms with Gasteiger partial charge in [-0.05, 0) is 32.1 Å². The molecule has 0 bridgehead atoms. The predicted molar refractivity (Wildman–Crippen MR) is 77.0 cm³/mol. The SMILES string of the molecule is COCCC1C(C)=CC=CC1(CCC(C)C)C(=O)O. The fraction of sp³-hybridized carbons (Fsp3) is 0.688. The highest BCUT2D eigenvalue weighted by atomic mass is 16.5. The Hall–Kier alpha value is -1.09. The van der Waals surface area contributed by atoms with Crippen LogP contribution in [0.1, 0.15) is 40.0 Å². The van der Waals surface area contributed by atoms with Gasteiger partial charge in [0.1, 0.15) is 0 Å². The second-order valence-corrected chi connectivity index (χ2v) is 5.88. The topological polar surface area (TPSA) is 46.5 Å². The van der Waals surface area contributed by atoms with E-state index in [1.54, 1.807) is 7.11 Å². The molecule has 0 aromatic rings. The van der Waals surface area contributed by atoms with E-state index < -0.39 is 11.4 Å². The van der Waals surface area contributed by atoms with Crippen LogP contribution in [-0.2, 0) is 9.53 Å². The summed E-state index contributed by atoms with van der Waals surface area (Å²) in [4.78, 5) is 11.9. The molecule has 0 saturated carbocycles. The van der Waals surface area contributed by atoms with Gasteiger partial charge in [-0.25, -0.2) is 0 Å². The number of rotatable bonds is 7. The van der Waals surface area contributed by atoms with Crippen molar-refractivity contribution in [2.45, 2.75) is 40.0 Å². The molecule has 0 spiro atoms. The van der Waals surface area contributed by atoms with Crippen molar-refractivity contribution >= 4 is 5.97 Å². The number of carboxylic acids is 1. The van der Waals surface area contributed by atoms with Crippen LogP contribution in [-0.4, -0.2) is 24.8 Å². The maximum Gasteiger partial charge on any atom is 0.314 e. The van der Waals surface area contributed by atoms with Crippen molar-refractivity contribution in [1.29, 1.82) is 0 Å². The van der Waals surface area contributed by atoms with Gasteiger partial charge in [0.15, 0.2) is 0 Å². The van der Waals surface area contributed by atoms with Gasteiger partial charge in [0.25, 0.3) is 0 Å². The summed E-state index contributed by atoms with van der Waals surface area (Å²) in [6, 6.07) is 0. The third kappa shape index (κ3) is 3.69. The molecule has 19 heavy (non-hydrogen) atoms. The summed E-state index contributed by atoms with van der Waals surface area (Å²) in [5, 5.41) is 9.77. The van der Waals surface area contributed by atoms with Crippen LogP contribution in [0.15, 0.2) is 23.8 Å². The molecule has 1 N–H and O–H groups in total. The molecule has 2 unspecified atom stereocenters. The number of carbonyl (C=O) groups is 1. The van der Waals surface area contributed by atoms with Gasteiger partial charge in [-0.1, -0.05) is 37.6 Å². The summed E-state index contributed by atoms with van der Waals surface area (Å²) in [5.41, 5.74) is 0.382. The standard InChI is InChI=1S/C16H26O3/c1-12(2)7-10-16(15(17)18)9-5-6-13(3)14(16)8-11-19-4/h5-6,9,12,14H,7-8,10-11H2,1-4H3,(H,17,18). The number of aliphatic carboxylic acids is 1. The second-order valence-electron chi connectivity index (χ2n) is 5.88. The van der Waals surface area contributed by atoms with E-state index in [1.807, 2.05) is 25.2 Å². The van der Waals surface area contributed by atoms with Gasteiger partial charge in [0.05, 0.1) is 5.41 Å². The predicted octanol–water partition coefficient (Wildman–Crippen LogP) is 3.66. The molecule has 1 rings (SSSR count). The first-order valence-electron chi connectivity index (χ1n) is 7.02. The molecule has 108 valence electrons. The lowest BCUT2D eigenvalue weighted by Gasteiger charge is -2.38. The Morgan fingerprint density at radius 3 is 2.74 bits per heavy atom. The molecular formula is C16H26O3. The van der Waals surface area contributed by atoms with Crippen LogP contribution in [0.5, 0.6) is 0 Å². The summed E-state index contributed by atoms with van der Waals surface area (Å²) >= 11 is 0. The van der Waals surface area contributed by atoms with E-state index in [0.717, 1.165) is 18.4 Å². The number of methoxy groups -OCH3 is 1. The number of ether oxygens (including phenoxy) is 1. The molecule has 0 aromatic heterocycles. The van der Waals surface area contributed by atoms with Crippen molar-refractivity contribution in [2.75, 3.05) is 13.7 Å². The Morgan fingerprint density at radius 2 is 2.21 bits per heavy atom. The van der Waals surface area contributed by atoms with Crippen molar-refractivity contribution in [3.63, 3.8) is 0 Å². The number of carboxylic acid groups (broad SMARTS) is 1. The second kappa shape index (κ2) is 6.90.